The van der Waals surface area contributed by atoms with Crippen molar-refractivity contribution in [1.82, 2.24) is 14.3 Å². The number of nitrogens with zero attached hydrogens (tertiary/aromatic N) is 4. The second-order valence-electron chi connectivity index (χ2n) is 6.62. The van der Waals surface area contributed by atoms with E-state index in [1.54, 1.807) is 36.2 Å². The Morgan fingerprint density at radius 2 is 1.85 bits per heavy atom. The minimum absolute atomic E-state index is 0.558. The number of likely N-dealkylation sites (tertiary alicyclic amines) is 1. The van der Waals surface area contributed by atoms with Crippen molar-refractivity contribution in [2.75, 3.05) is 27.2 Å². The summed E-state index contributed by atoms with van der Waals surface area (Å²) in [6.07, 6.45) is 7.62. The summed E-state index contributed by atoms with van der Waals surface area (Å²) in [7, 11) is 3.80. The summed E-state index contributed by atoms with van der Waals surface area (Å²) < 4.78 is 7.15. The molecule has 1 aromatic carbocycles. The fraction of sp³-hybridized carbons (Fsp3) is 0.333. The maximum atomic E-state index is 8.84. The molecule has 0 N–H and O–H groups in total. The molecule has 0 saturated carbocycles. The molecule has 0 radical (unpaired) electrons. The lowest BCUT2D eigenvalue weighted by molar-refractivity contribution is 0.277. The number of nitriles is 1. The van der Waals surface area contributed by atoms with Crippen LogP contribution < -0.4 is 4.74 Å². The second kappa shape index (κ2) is 8.90. The van der Waals surface area contributed by atoms with Crippen molar-refractivity contribution < 1.29 is 4.74 Å². The lowest BCUT2D eigenvalue weighted by Gasteiger charge is -2.20. The van der Waals surface area contributed by atoms with Crippen molar-refractivity contribution >= 4 is 17.1 Å². The van der Waals surface area contributed by atoms with Gasteiger partial charge in [0.1, 0.15) is 22.7 Å². The molecule has 3 heterocycles. The summed E-state index contributed by atoms with van der Waals surface area (Å²) >= 11 is 6.42. The SMILES string of the molecule is CN1CCCCC1.COc1cc(-c2ccc(C#N)cc2)c(Cl)n2cncc12. The first-order chi connectivity index (χ1) is 13.1. The number of methoxy groups -OCH3 is 1. The predicted molar refractivity (Wildman–Crippen MR) is 108 cm³/mol. The molecule has 1 fully saturated rings. The Bertz CT molecular complexity index is 937. The number of pyridine rings is 1. The molecule has 5 nitrogen and oxygen atoms in total. The van der Waals surface area contributed by atoms with Crippen LogP contribution in [0.15, 0.2) is 42.9 Å². The van der Waals surface area contributed by atoms with Crippen molar-refractivity contribution in [1.29, 1.82) is 5.26 Å². The van der Waals surface area contributed by atoms with E-state index in [9.17, 15) is 0 Å². The van der Waals surface area contributed by atoms with E-state index in [1.165, 1.54) is 32.4 Å². The summed E-state index contributed by atoms with van der Waals surface area (Å²) in [4.78, 5) is 6.48. The lowest BCUT2D eigenvalue weighted by atomic mass is 10.1. The molecule has 0 unspecified atom stereocenters. The highest BCUT2D eigenvalue weighted by atomic mass is 35.5. The van der Waals surface area contributed by atoms with Crippen LogP contribution in [0.3, 0.4) is 0 Å². The first-order valence-corrected chi connectivity index (χ1v) is 9.39. The van der Waals surface area contributed by atoms with Crippen molar-refractivity contribution in [3.63, 3.8) is 0 Å². The number of ether oxygens (including phenoxy) is 1. The highest BCUT2D eigenvalue weighted by Crippen LogP contribution is 2.34. The Morgan fingerprint density at radius 1 is 1.15 bits per heavy atom. The summed E-state index contributed by atoms with van der Waals surface area (Å²) in [5, 5.41) is 9.40. The molecule has 1 aliphatic rings. The molecular weight excluding hydrogens is 360 g/mol. The number of benzene rings is 1. The van der Waals surface area contributed by atoms with Gasteiger partial charge < -0.3 is 9.64 Å². The quantitative estimate of drug-likeness (QED) is 0.606. The van der Waals surface area contributed by atoms with E-state index in [-0.39, 0.29) is 0 Å². The van der Waals surface area contributed by atoms with Crippen LogP contribution in [0.4, 0.5) is 0 Å². The van der Waals surface area contributed by atoms with Gasteiger partial charge >= 0.3 is 0 Å². The average molecular weight is 383 g/mol. The number of hydrogen-bond donors (Lipinski definition) is 0. The monoisotopic (exact) mass is 382 g/mol. The third-order valence-corrected chi connectivity index (χ3v) is 5.11. The van der Waals surface area contributed by atoms with Crippen molar-refractivity contribution in [3.8, 4) is 22.9 Å². The Kier molecular flexibility index (Phi) is 6.33. The van der Waals surface area contributed by atoms with Crippen LogP contribution in [0.5, 0.6) is 5.75 Å². The molecule has 0 atom stereocenters. The summed E-state index contributed by atoms with van der Waals surface area (Å²) in [5.74, 6) is 0.700. The van der Waals surface area contributed by atoms with Gasteiger partial charge in [-0.1, -0.05) is 30.2 Å². The van der Waals surface area contributed by atoms with Gasteiger partial charge in [0.15, 0.2) is 0 Å². The average Bonchev–Trinajstić information content (AvgIpc) is 3.20. The Balaban J connectivity index is 0.000000253. The third-order valence-electron chi connectivity index (χ3n) is 4.72. The topological polar surface area (TPSA) is 53.6 Å². The van der Waals surface area contributed by atoms with E-state index in [2.05, 4.69) is 23.0 Å². The smallest absolute Gasteiger partial charge is 0.145 e. The zero-order valence-corrected chi connectivity index (χ0v) is 16.4. The van der Waals surface area contributed by atoms with Crippen molar-refractivity contribution in [2.45, 2.75) is 19.3 Å². The zero-order valence-electron chi connectivity index (χ0n) is 15.7. The molecule has 3 aromatic rings. The first-order valence-electron chi connectivity index (χ1n) is 9.01. The van der Waals surface area contributed by atoms with E-state index in [4.69, 9.17) is 21.6 Å². The van der Waals surface area contributed by atoms with Crippen LogP contribution in [0.2, 0.25) is 5.15 Å². The second-order valence-corrected chi connectivity index (χ2v) is 6.98. The van der Waals surface area contributed by atoms with E-state index < -0.39 is 0 Å². The van der Waals surface area contributed by atoms with Crippen LogP contribution in [0.1, 0.15) is 24.8 Å². The lowest BCUT2D eigenvalue weighted by Crippen LogP contribution is -2.24. The molecule has 1 aliphatic heterocycles. The number of rotatable bonds is 2. The molecule has 0 bridgehead atoms. The van der Waals surface area contributed by atoms with Crippen LogP contribution in [-0.4, -0.2) is 41.5 Å². The number of imidazole rings is 1. The summed E-state index contributed by atoms with van der Waals surface area (Å²) in [6.45, 7) is 2.64. The highest BCUT2D eigenvalue weighted by Gasteiger charge is 2.13. The van der Waals surface area contributed by atoms with Crippen LogP contribution in [0.25, 0.3) is 16.6 Å². The van der Waals surface area contributed by atoms with E-state index in [0.717, 1.165) is 16.6 Å². The number of hydrogen-bond acceptors (Lipinski definition) is 4. The molecule has 4 rings (SSSR count). The van der Waals surface area contributed by atoms with Crippen LogP contribution >= 0.6 is 11.6 Å². The normalized spacial score (nSPS) is 14.3. The van der Waals surface area contributed by atoms with E-state index in [0.29, 0.717) is 16.5 Å². The van der Waals surface area contributed by atoms with Gasteiger partial charge in [0, 0.05) is 5.56 Å². The fourth-order valence-electron chi connectivity index (χ4n) is 3.17. The van der Waals surface area contributed by atoms with Crippen LogP contribution in [-0.2, 0) is 0 Å². The fourth-order valence-corrected chi connectivity index (χ4v) is 3.47. The minimum Gasteiger partial charge on any atom is -0.494 e. The van der Waals surface area contributed by atoms with Gasteiger partial charge in [-0.3, -0.25) is 4.40 Å². The molecule has 27 heavy (non-hydrogen) atoms. The van der Waals surface area contributed by atoms with Gasteiger partial charge in [-0.2, -0.15) is 5.26 Å². The number of aromatic nitrogens is 2. The minimum atomic E-state index is 0.558. The maximum Gasteiger partial charge on any atom is 0.145 e. The Hall–Kier alpha value is -2.55. The highest BCUT2D eigenvalue weighted by molar-refractivity contribution is 6.32. The van der Waals surface area contributed by atoms with Gasteiger partial charge in [-0.05, 0) is 56.7 Å². The molecule has 140 valence electrons. The summed E-state index contributed by atoms with van der Waals surface area (Å²) in [5.41, 5.74) is 3.18. The Morgan fingerprint density at radius 3 is 2.41 bits per heavy atom. The Labute approximate surface area is 164 Å². The largest absolute Gasteiger partial charge is 0.494 e. The predicted octanol–water partition coefficient (Wildman–Crippen LogP) is 4.64. The molecule has 2 aromatic heterocycles. The van der Waals surface area contributed by atoms with E-state index >= 15 is 0 Å². The van der Waals surface area contributed by atoms with Crippen LogP contribution in [0, 0.1) is 11.3 Å². The molecule has 0 aliphatic carbocycles. The van der Waals surface area contributed by atoms with Gasteiger partial charge in [0.25, 0.3) is 0 Å². The summed E-state index contributed by atoms with van der Waals surface area (Å²) in [6, 6.07) is 11.2. The molecule has 1 saturated heterocycles. The van der Waals surface area contributed by atoms with Gasteiger partial charge in [0.2, 0.25) is 0 Å². The molecule has 6 heteroatoms. The molecule has 0 spiro atoms. The number of fused-ring (bicyclic) bond motifs is 1. The van der Waals surface area contributed by atoms with Gasteiger partial charge in [0.05, 0.1) is 24.9 Å². The maximum absolute atomic E-state index is 8.84. The number of piperidine rings is 1. The van der Waals surface area contributed by atoms with E-state index in [1.807, 2.05) is 18.2 Å². The standard InChI is InChI=1S/C15H10ClN3O.C6H13N/c1-20-14-6-12(11-4-2-10(7-17)3-5-11)15(16)19-9-18-8-13(14)19;1-7-5-3-2-4-6-7/h2-6,8-9H,1H3;2-6H2,1H3. The molecular formula is C21H23ClN4O. The van der Waals surface area contributed by atoms with Crippen molar-refractivity contribution in [2.24, 2.45) is 0 Å². The van der Waals surface area contributed by atoms with Crippen molar-refractivity contribution in [3.05, 3.63) is 53.6 Å². The first kappa shape index (κ1) is 19.2. The molecule has 0 amide bonds. The third kappa shape index (κ3) is 4.41. The van der Waals surface area contributed by atoms with Gasteiger partial charge in [-0.25, -0.2) is 4.98 Å². The van der Waals surface area contributed by atoms with Gasteiger partial charge in [-0.15, -0.1) is 0 Å². The number of halogens is 1. The zero-order chi connectivity index (χ0) is 19.2.